The Morgan fingerprint density at radius 3 is 2.82 bits per heavy atom. The van der Waals surface area contributed by atoms with Crippen LogP contribution in [0.3, 0.4) is 0 Å². The fraction of sp³-hybridized carbons (Fsp3) is 0.600. The second kappa shape index (κ2) is 5.54. The first-order valence-corrected chi connectivity index (χ1v) is 6.72. The van der Waals surface area contributed by atoms with E-state index in [0.717, 1.165) is 12.5 Å². The van der Waals surface area contributed by atoms with Crippen molar-refractivity contribution in [1.82, 2.24) is 0 Å². The summed E-state index contributed by atoms with van der Waals surface area (Å²) < 4.78 is 0. The van der Waals surface area contributed by atoms with Crippen LogP contribution in [0.2, 0.25) is 0 Å². The predicted molar refractivity (Wildman–Crippen MR) is 74.3 cm³/mol. The summed E-state index contributed by atoms with van der Waals surface area (Å²) in [5.41, 5.74) is 9.95. The first kappa shape index (κ1) is 12.4. The molecule has 0 spiro atoms. The highest BCUT2D eigenvalue weighted by molar-refractivity contribution is 5.51. The average molecular weight is 232 g/mol. The molecular weight excluding hydrogens is 208 g/mol. The van der Waals surface area contributed by atoms with Crippen molar-refractivity contribution in [1.29, 1.82) is 0 Å². The van der Waals surface area contributed by atoms with E-state index >= 15 is 0 Å². The number of hydrogen-bond acceptors (Lipinski definition) is 2. The Kier molecular flexibility index (Phi) is 4.06. The molecule has 0 saturated heterocycles. The smallest absolute Gasteiger partial charge is 0.0370 e. The van der Waals surface area contributed by atoms with Gasteiger partial charge in [0, 0.05) is 18.3 Å². The molecule has 2 nitrogen and oxygen atoms in total. The zero-order chi connectivity index (χ0) is 12.3. The van der Waals surface area contributed by atoms with Crippen LogP contribution in [-0.2, 0) is 0 Å². The number of nitrogens with one attached hydrogen (secondary N) is 1. The van der Waals surface area contributed by atoms with E-state index in [4.69, 9.17) is 5.73 Å². The quantitative estimate of drug-likeness (QED) is 0.839. The lowest BCUT2D eigenvalue weighted by atomic mass is 9.86. The van der Waals surface area contributed by atoms with E-state index in [0.29, 0.717) is 6.04 Å². The van der Waals surface area contributed by atoms with Crippen molar-refractivity contribution in [2.45, 2.75) is 45.6 Å². The number of nitrogens with two attached hydrogens (primary N) is 1. The summed E-state index contributed by atoms with van der Waals surface area (Å²) in [4.78, 5) is 0. The topological polar surface area (TPSA) is 38.0 Å². The molecule has 0 heterocycles. The second-order valence-electron chi connectivity index (χ2n) is 5.49. The molecular formula is C15H24N2. The third-order valence-electron chi connectivity index (χ3n) is 3.79. The van der Waals surface area contributed by atoms with Crippen molar-refractivity contribution >= 4 is 5.69 Å². The lowest BCUT2D eigenvalue weighted by Crippen LogP contribution is -2.31. The van der Waals surface area contributed by atoms with Crippen LogP contribution in [0.15, 0.2) is 18.2 Å². The fourth-order valence-corrected chi connectivity index (χ4v) is 2.78. The van der Waals surface area contributed by atoms with Gasteiger partial charge in [0.15, 0.2) is 0 Å². The summed E-state index contributed by atoms with van der Waals surface area (Å²) in [6.45, 7) is 5.37. The molecule has 0 aliphatic heterocycles. The molecule has 2 rings (SSSR count). The molecule has 3 N–H and O–H groups in total. The van der Waals surface area contributed by atoms with Gasteiger partial charge in [0.05, 0.1) is 0 Å². The molecule has 1 fully saturated rings. The SMILES string of the molecule is Cc1ccc(NCC2CCCC(N)C2)c(C)c1. The maximum atomic E-state index is 6.02. The van der Waals surface area contributed by atoms with Crippen LogP contribution in [0.4, 0.5) is 5.69 Å². The van der Waals surface area contributed by atoms with Gasteiger partial charge in [-0.25, -0.2) is 0 Å². The molecule has 0 radical (unpaired) electrons. The third kappa shape index (κ3) is 3.47. The van der Waals surface area contributed by atoms with Crippen LogP contribution in [0.1, 0.15) is 36.8 Å². The molecule has 1 aliphatic carbocycles. The van der Waals surface area contributed by atoms with E-state index in [1.165, 1.54) is 42.5 Å². The summed E-state index contributed by atoms with van der Waals surface area (Å²) in [5, 5.41) is 3.57. The molecule has 17 heavy (non-hydrogen) atoms. The van der Waals surface area contributed by atoms with Crippen molar-refractivity contribution in [3.8, 4) is 0 Å². The van der Waals surface area contributed by atoms with E-state index in [1.54, 1.807) is 0 Å². The Labute approximate surface area is 105 Å². The van der Waals surface area contributed by atoms with Gasteiger partial charge in [0.1, 0.15) is 0 Å². The van der Waals surface area contributed by atoms with Gasteiger partial charge in [-0.05, 0) is 50.7 Å². The zero-order valence-electron chi connectivity index (χ0n) is 11.0. The average Bonchev–Trinajstić information content (AvgIpc) is 2.28. The Bertz CT molecular complexity index is 373. The molecule has 2 atom stereocenters. The summed E-state index contributed by atoms with van der Waals surface area (Å²) in [5.74, 6) is 0.749. The molecule has 0 aromatic heterocycles. The van der Waals surface area contributed by atoms with Gasteiger partial charge in [-0.1, -0.05) is 24.1 Å². The van der Waals surface area contributed by atoms with Crippen molar-refractivity contribution in [2.24, 2.45) is 11.7 Å². The highest BCUT2D eigenvalue weighted by atomic mass is 14.9. The first-order chi connectivity index (χ1) is 8.15. The first-order valence-electron chi connectivity index (χ1n) is 6.72. The fourth-order valence-electron chi connectivity index (χ4n) is 2.78. The van der Waals surface area contributed by atoms with Crippen molar-refractivity contribution in [3.63, 3.8) is 0 Å². The van der Waals surface area contributed by atoms with Gasteiger partial charge in [0.25, 0.3) is 0 Å². The van der Waals surface area contributed by atoms with Crippen LogP contribution >= 0.6 is 0 Å². The highest BCUT2D eigenvalue weighted by Crippen LogP contribution is 2.24. The van der Waals surface area contributed by atoms with Gasteiger partial charge in [-0.3, -0.25) is 0 Å². The molecule has 1 aliphatic rings. The number of aryl methyl sites for hydroxylation is 2. The maximum Gasteiger partial charge on any atom is 0.0370 e. The van der Waals surface area contributed by atoms with Crippen LogP contribution in [0, 0.1) is 19.8 Å². The predicted octanol–water partition coefficient (Wildman–Crippen LogP) is 3.23. The number of hydrogen-bond donors (Lipinski definition) is 2. The molecule has 1 aromatic carbocycles. The lowest BCUT2D eigenvalue weighted by Gasteiger charge is -2.27. The van der Waals surface area contributed by atoms with Crippen LogP contribution in [-0.4, -0.2) is 12.6 Å². The van der Waals surface area contributed by atoms with E-state index in [1.807, 2.05) is 0 Å². The summed E-state index contributed by atoms with van der Waals surface area (Å²) in [6.07, 6.45) is 5.00. The molecule has 0 amide bonds. The third-order valence-corrected chi connectivity index (χ3v) is 3.79. The van der Waals surface area contributed by atoms with Gasteiger partial charge in [0.2, 0.25) is 0 Å². The second-order valence-corrected chi connectivity index (χ2v) is 5.49. The van der Waals surface area contributed by atoms with Crippen molar-refractivity contribution in [3.05, 3.63) is 29.3 Å². The molecule has 2 unspecified atom stereocenters. The minimum atomic E-state index is 0.426. The van der Waals surface area contributed by atoms with Crippen LogP contribution in [0.5, 0.6) is 0 Å². The highest BCUT2D eigenvalue weighted by Gasteiger charge is 2.18. The molecule has 1 aromatic rings. The van der Waals surface area contributed by atoms with Crippen LogP contribution in [0.25, 0.3) is 0 Å². The summed E-state index contributed by atoms with van der Waals surface area (Å²) in [7, 11) is 0. The zero-order valence-corrected chi connectivity index (χ0v) is 11.0. The normalized spacial score (nSPS) is 24.6. The molecule has 94 valence electrons. The largest absolute Gasteiger partial charge is 0.385 e. The van der Waals surface area contributed by atoms with Gasteiger partial charge >= 0.3 is 0 Å². The Balaban J connectivity index is 1.88. The maximum absolute atomic E-state index is 6.02. The Morgan fingerprint density at radius 1 is 1.29 bits per heavy atom. The van der Waals surface area contributed by atoms with Crippen LogP contribution < -0.4 is 11.1 Å². The summed E-state index contributed by atoms with van der Waals surface area (Å²) >= 11 is 0. The Hall–Kier alpha value is -1.02. The van der Waals surface area contributed by atoms with Gasteiger partial charge < -0.3 is 11.1 Å². The van der Waals surface area contributed by atoms with E-state index in [-0.39, 0.29) is 0 Å². The van der Waals surface area contributed by atoms with E-state index < -0.39 is 0 Å². The molecule has 1 saturated carbocycles. The number of rotatable bonds is 3. The van der Waals surface area contributed by atoms with Crippen molar-refractivity contribution in [2.75, 3.05) is 11.9 Å². The standard InChI is InChI=1S/C15H24N2/c1-11-6-7-15(12(2)8-11)17-10-13-4-3-5-14(16)9-13/h6-8,13-14,17H,3-5,9-10,16H2,1-2H3. The lowest BCUT2D eigenvalue weighted by molar-refractivity contribution is 0.335. The van der Waals surface area contributed by atoms with E-state index in [9.17, 15) is 0 Å². The van der Waals surface area contributed by atoms with Gasteiger partial charge in [-0.15, -0.1) is 0 Å². The number of benzene rings is 1. The molecule has 0 bridgehead atoms. The summed E-state index contributed by atoms with van der Waals surface area (Å²) in [6, 6.07) is 7.01. The van der Waals surface area contributed by atoms with Crippen molar-refractivity contribution < 1.29 is 0 Å². The van der Waals surface area contributed by atoms with E-state index in [2.05, 4.69) is 37.4 Å². The Morgan fingerprint density at radius 2 is 2.12 bits per heavy atom. The monoisotopic (exact) mass is 232 g/mol. The molecule has 2 heteroatoms. The minimum absolute atomic E-state index is 0.426. The minimum Gasteiger partial charge on any atom is -0.385 e. The number of anilines is 1. The van der Waals surface area contributed by atoms with Gasteiger partial charge in [-0.2, -0.15) is 0 Å².